The third-order valence-corrected chi connectivity index (χ3v) is 2.71. The van der Waals surface area contributed by atoms with E-state index in [9.17, 15) is 4.39 Å². The highest BCUT2D eigenvalue weighted by molar-refractivity contribution is 5.29. The Hall–Kier alpha value is -0.890. The van der Waals surface area contributed by atoms with E-state index in [1.165, 1.54) is 0 Å². The molecule has 0 aliphatic heterocycles. The number of halogens is 1. The van der Waals surface area contributed by atoms with Crippen molar-refractivity contribution in [2.45, 2.75) is 31.6 Å². The van der Waals surface area contributed by atoms with Crippen LogP contribution in [-0.4, -0.2) is 11.7 Å². The second-order valence-corrected chi connectivity index (χ2v) is 3.96. The highest BCUT2D eigenvalue weighted by atomic mass is 19.1. The zero-order valence-electron chi connectivity index (χ0n) is 8.17. The van der Waals surface area contributed by atoms with Crippen LogP contribution in [0.1, 0.15) is 36.3 Å². The van der Waals surface area contributed by atoms with Crippen LogP contribution >= 0.6 is 0 Å². The Bertz CT molecular complexity index is 318. The maximum absolute atomic E-state index is 13.5. The summed E-state index contributed by atoms with van der Waals surface area (Å²) < 4.78 is 13.5. The fourth-order valence-electron chi connectivity index (χ4n) is 1.73. The molecule has 2 heteroatoms. The summed E-state index contributed by atoms with van der Waals surface area (Å²) in [6, 6.07) is 5.50. The number of hydrogen-bond donors (Lipinski definition) is 1. The summed E-state index contributed by atoms with van der Waals surface area (Å²) in [4.78, 5) is 0. The lowest BCUT2D eigenvalue weighted by molar-refractivity contribution is 0.288. The van der Waals surface area contributed by atoms with E-state index in [1.807, 2.05) is 12.1 Å². The molecule has 1 aliphatic carbocycles. The van der Waals surface area contributed by atoms with E-state index in [0.717, 1.165) is 30.4 Å². The van der Waals surface area contributed by atoms with Crippen molar-refractivity contribution in [1.29, 1.82) is 0 Å². The minimum absolute atomic E-state index is 0.0667. The molecule has 1 fully saturated rings. The lowest BCUT2D eigenvalue weighted by Crippen LogP contribution is -1.93. The number of aliphatic hydroxyl groups is 1. The molecular weight excluding hydrogens is 179 g/mol. The zero-order valence-corrected chi connectivity index (χ0v) is 8.17. The highest BCUT2D eigenvalue weighted by Crippen LogP contribution is 2.41. The van der Waals surface area contributed by atoms with Gasteiger partial charge in [-0.2, -0.15) is 0 Å². The van der Waals surface area contributed by atoms with Gasteiger partial charge in [-0.05, 0) is 48.8 Å². The van der Waals surface area contributed by atoms with Gasteiger partial charge in [-0.15, -0.1) is 0 Å². The molecule has 1 aliphatic rings. The van der Waals surface area contributed by atoms with Crippen molar-refractivity contribution in [3.05, 3.63) is 35.1 Å². The van der Waals surface area contributed by atoms with Gasteiger partial charge >= 0.3 is 0 Å². The number of rotatable bonds is 4. The van der Waals surface area contributed by atoms with Gasteiger partial charge in [-0.1, -0.05) is 12.1 Å². The van der Waals surface area contributed by atoms with E-state index in [-0.39, 0.29) is 12.4 Å². The van der Waals surface area contributed by atoms with Crippen LogP contribution in [0.3, 0.4) is 0 Å². The van der Waals surface area contributed by atoms with Gasteiger partial charge in [0.15, 0.2) is 0 Å². The summed E-state index contributed by atoms with van der Waals surface area (Å²) in [5.41, 5.74) is 1.86. The van der Waals surface area contributed by atoms with E-state index in [2.05, 4.69) is 0 Å². The Morgan fingerprint density at radius 1 is 1.36 bits per heavy atom. The molecule has 1 aromatic rings. The molecule has 76 valence electrons. The van der Waals surface area contributed by atoms with E-state index >= 15 is 0 Å². The third kappa shape index (κ3) is 2.13. The molecule has 2 rings (SSSR count). The van der Waals surface area contributed by atoms with E-state index in [0.29, 0.717) is 12.3 Å². The van der Waals surface area contributed by atoms with E-state index in [1.54, 1.807) is 6.07 Å². The molecule has 0 aromatic heterocycles. The van der Waals surface area contributed by atoms with E-state index < -0.39 is 0 Å². The Labute approximate surface area is 83.6 Å². The monoisotopic (exact) mass is 194 g/mol. The Morgan fingerprint density at radius 3 is 2.71 bits per heavy atom. The fraction of sp³-hybridized carbons (Fsp3) is 0.500. The molecule has 0 spiro atoms. The van der Waals surface area contributed by atoms with Crippen LogP contribution in [0.2, 0.25) is 0 Å². The van der Waals surface area contributed by atoms with Crippen molar-refractivity contribution in [3.8, 4) is 0 Å². The van der Waals surface area contributed by atoms with Crippen LogP contribution in [-0.2, 0) is 6.42 Å². The molecular formula is C12H15FO. The van der Waals surface area contributed by atoms with Crippen LogP contribution in [0.5, 0.6) is 0 Å². The quantitative estimate of drug-likeness (QED) is 0.781. The Morgan fingerprint density at radius 2 is 2.14 bits per heavy atom. The maximum Gasteiger partial charge on any atom is 0.126 e. The molecule has 0 bridgehead atoms. The van der Waals surface area contributed by atoms with Gasteiger partial charge in [0.25, 0.3) is 0 Å². The van der Waals surface area contributed by atoms with Crippen LogP contribution in [0.15, 0.2) is 18.2 Å². The molecule has 1 nitrogen and oxygen atoms in total. The largest absolute Gasteiger partial charge is 0.396 e. The topological polar surface area (TPSA) is 20.2 Å². The normalized spacial score (nSPS) is 15.9. The first-order valence-corrected chi connectivity index (χ1v) is 5.20. The first kappa shape index (κ1) is 9.66. The average Bonchev–Trinajstić information content (AvgIpc) is 2.98. The van der Waals surface area contributed by atoms with Gasteiger partial charge in [-0.3, -0.25) is 0 Å². The van der Waals surface area contributed by atoms with Crippen LogP contribution in [0.4, 0.5) is 4.39 Å². The summed E-state index contributed by atoms with van der Waals surface area (Å²) in [5, 5.41) is 8.66. The average molecular weight is 194 g/mol. The minimum atomic E-state index is -0.0667. The van der Waals surface area contributed by atoms with Gasteiger partial charge in [0.2, 0.25) is 0 Å². The van der Waals surface area contributed by atoms with Gasteiger partial charge in [0.05, 0.1) is 0 Å². The fourth-order valence-corrected chi connectivity index (χ4v) is 1.73. The van der Waals surface area contributed by atoms with Gasteiger partial charge in [-0.25, -0.2) is 4.39 Å². The van der Waals surface area contributed by atoms with Crippen molar-refractivity contribution in [2.24, 2.45) is 0 Å². The van der Waals surface area contributed by atoms with Crippen molar-refractivity contribution in [1.82, 2.24) is 0 Å². The third-order valence-electron chi connectivity index (χ3n) is 2.71. The highest BCUT2D eigenvalue weighted by Gasteiger charge is 2.26. The number of aryl methyl sites for hydroxylation is 1. The summed E-state index contributed by atoms with van der Waals surface area (Å²) in [5.74, 6) is 0.407. The summed E-state index contributed by atoms with van der Waals surface area (Å²) in [6.45, 7) is 0.173. The maximum atomic E-state index is 13.5. The molecule has 0 heterocycles. The first-order chi connectivity index (χ1) is 6.81. The minimum Gasteiger partial charge on any atom is -0.396 e. The van der Waals surface area contributed by atoms with Crippen LogP contribution in [0, 0.1) is 5.82 Å². The predicted molar refractivity (Wildman–Crippen MR) is 53.8 cm³/mol. The second kappa shape index (κ2) is 4.09. The number of hydrogen-bond acceptors (Lipinski definition) is 1. The Balaban J connectivity index is 2.09. The smallest absolute Gasteiger partial charge is 0.126 e. The predicted octanol–water partition coefficient (Wildman–Crippen LogP) is 2.63. The van der Waals surface area contributed by atoms with Crippen LogP contribution < -0.4 is 0 Å². The molecule has 0 radical (unpaired) electrons. The van der Waals surface area contributed by atoms with Crippen molar-refractivity contribution in [3.63, 3.8) is 0 Å². The van der Waals surface area contributed by atoms with Gasteiger partial charge in [0.1, 0.15) is 5.82 Å². The van der Waals surface area contributed by atoms with Gasteiger partial charge < -0.3 is 5.11 Å². The SMILES string of the molecule is OCCCc1ccc(C2CC2)c(F)c1. The molecule has 0 atom stereocenters. The standard InChI is InChI=1S/C12H15FO/c13-12-8-9(2-1-7-14)3-6-11(12)10-4-5-10/h3,6,8,10,14H,1-2,4-5,7H2. The Kier molecular flexibility index (Phi) is 2.82. The van der Waals surface area contributed by atoms with Crippen molar-refractivity contribution >= 4 is 0 Å². The zero-order chi connectivity index (χ0) is 9.97. The van der Waals surface area contributed by atoms with Crippen molar-refractivity contribution in [2.75, 3.05) is 6.61 Å². The van der Waals surface area contributed by atoms with Gasteiger partial charge in [0, 0.05) is 6.61 Å². The summed E-state index contributed by atoms with van der Waals surface area (Å²) in [6.07, 6.45) is 3.74. The molecule has 1 N–H and O–H groups in total. The van der Waals surface area contributed by atoms with E-state index in [4.69, 9.17) is 5.11 Å². The second-order valence-electron chi connectivity index (χ2n) is 3.96. The molecule has 0 unspecified atom stereocenters. The molecule has 14 heavy (non-hydrogen) atoms. The molecule has 1 saturated carbocycles. The first-order valence-electron chi connectivity index (χ1n) is 5.20. The molecule has 0 saturated heterocycles. The molecule has 1 aromatic carbocycles. The van der Waals surface area contributed by atoms with Crippen LogP contribution in [0.25, 0.3) is 0 Å². The summed E-state index contributed by atoms with van der Waals surface area (Å²) in [7, 11) is 0. The number of benzene rings is 1. The lowest BCUT2D eigenvalue weighted by Gasteiger charge is -2.04. The lowest BCUT2D eigenvalue weighted by atomic mass is 10.0. The van der Waals surface area contributed by atoms with Crippen molar-refractivity contribution < 1.29 is 9.50 Å². The summed E-state index contributed by atoms with van der Waals surface area (Å²) >= 11 is 0. The molecule has 0 amide bonds. The number of aliphatic hydroxyl groups excluding tert-OH is 1.